The molecule has 0 bridgehead atoms. The van der Waals surface area contributed by atoms with Gasteiger partial charge in [-0.05, 0) is 68.0 Å². The van der Waals surface area contributed by atoms with Crippen LogP contribution in [0.5, 0.6) is 0 Å². The van der Waals surface area contributed by atoms with Crippen LogP contribution < -0.4 is 10.2 Å². The number of halogens is 3. The Kier molecular flexibility index (Phi) is 10.1. The van der Waals surface area contributed by atoms with Gasteiger partial charge in [0.05, 0.1) is 5.69 Å². The summed E-state index contributed by atoms with van der Waals surface area (Å²) >= 11 is 0. The van der Waals surface area contributed by atoms with Crippen molar-refractivity contribution in [3.8, 4) is 11.1 Å². The summed E-state index contributed by atoms with van der Waals surface area (Å²) in [5.41, 5.74) is 3.93. The van der Waals surface area contributed by atoms with Gasteiger partial charge in [-0.15, -0.1) is 12.4 Å². The van der Waals surface area contributed by atoms with Gasteiger partial charge in [0.25, 0.3) is 17.7 Å². The number of amides is 2. The van der Waals surface area contributed by atoms with Crippen LogP contribution in [0.15, 0.2) is 109 Å². The Morgan fingerprint density at radius 3 is 2.19 bits per heavy atom. The number of hydrogen-bond acceptors (Lipinski definition) is 3. The first-order chi connectivity index (χ1) is 20.2. The van der Waals surface area contributed by atoms with Crippen LogP contribution in [0.25, 0.3) is 16.7 Å². The molecule has 1 aliphatic rings. The van der Waals surface area contributed by atoms with Gasteiger partial charge in [0.1, 0.15) is 0 Å². The average molecular weight is 602 g/mol. The van der Waals surface area contributed by atoms with E-state index in [4.69, 9.17) is 0 Å². The van der Waals surface area contributed by atoms with E-state index in [9.17, 15) is 9.59 Å². The summed E-state index contributed by atoms with van der Waals surface area (Å²) in [7, 11) is 3.80. The first kappa shape index (κ1) is 31.6. The van der Waals surface area contributed by atoms with Gasteiger partial charge in [-0.1, -0.05) is 72.8 Å². The lowest BCUT2D eigenvalue weighted by Crippen LogP contribution is -2.33. The highest BCUT2D eigenvalue weighted by molar-refractivity contribution is 6.10. The number of fused-ring (bicyclic) bond motifs is 1. The number of carbonyl (C=O) groups excluding carboxylic acids is 2. The molecule has 0 aliphatic carbocycles. The monoisotopic (exact) mass is 601 g/mol. The molecule has 1 N–H and O–H groups in total. The first-order valence-corrected chi connectivity index (χ1v) is 13.9. The predicted octanol–water partition coefficient (Wildman–Crippen LogP) is 8.05. The third-order valence-electron chi connectivity index (χ3n) is 7.34. The van der Waals surface area contributed by atoms with Gasteiger partial charge in [-0.25, -0.2) is 8.78 Å². The van der Waals surface area contributed by atoms with Crippen molar-refractivity contribution in [3.63, 3.8) is 0 Å². The lowest BCUT2D eigenvalue weighted by molar-refractivity contribution is 0.0599. The van der Waals surface area contributed by atoms with Crippen molar-refractivity contribution in [2.24, 2.45) is 0 Å². The van der Waals surface area contributed by atoms with Crippen molar-refractivity contribution < 1.29 is 18.4 Å². The second-order valence-electron chi connectivity index (χ2n) is 10.6. The number of hydrogen-bond donors (Lipinski definition) is 1. The summed E-state index contributed by atoms with van der Waals surface area (Å²) in [4.78, 5) is 30.2. The Hall–Kier alpha value is -4.33. The Labute approximate surface area is 257 Å². The van der Waals surface area contributed by atoms with Gasteiger partial charge in [-0.3, -0.25) is 9.59 Å². The summed E-state index contributed by atoms with van der Waals surface area (Å²) in [5.74, 6) is -3.72. The molecule has 1 heterocycles. The van der Waals surface area contributed by atoms with Crippen LogP contribution in [0.1, 0.15) is 39.1 Å². The van der Waals surface area contributed by atoms with E-state index < -0.39 is 12.3 Å². The summed E-state index contributed by atoms with van der Waals surface area (Å²) < 4.78 is 30.7. The number of anilines is 2. The highest BCUT2D eigenvalue weighted by Crippen LogP contribution is 2.43. The number of alkyl halides is 2. The van der Waals surface area contributed by atoms with Gasteiger partial charge in [0.15, 0.2) is 0 Å². The second kappa shape index (κ2) is 13.8. The molecule has 222 valence electrons. The second-order valence-corrected chi connectivity index (χ2v) is 10.6. The van der Waals surface area contributed by atoms with Crippen LogP contribution in [0, 0.1) is 0 Å². The number of nitrogens with one attached hydrogen (secondary N) is 1. The topological polar surface area (TPSA) is 52.6 Å². The maximum Gasteiger partial charge on any atom is 0.275 e. The minimum Gasteiger partial charge on any atom is -0.322 e. The van der Waals surface area contributed by atoms with E-state index in [2.05, 4.69) is 5.32 Å². The number of allylic oxidation sites excluding steroid dienone is 1. The zero-order valence-corrected chi connectivity index (χ0v) is 24.9. The third kappa shape index (κ3) is 7.19. The fourth-order valence-corrected chi connectivity index (χ4v) is 5.18. The summed E-state index contributed by atoms with van der Waals surface area (Å²) in [6, 6.07) is 30.4. The molecule has 0 radical (unpaired) electrons. The molecule has 5 nitrogen and oxygen atoms in total. The zero-order valence-electron chi connectivity index (χ0n) is 24.1. The van der Waals surface area contributed by atoms with Crippen LogP contribution in [0.4, 0.5) is 20.2 Å². The minimum absolute atomic E-state index is 0. The van der Waals surface area contributed by atoms with Gasteiger partial charge >= 0.3 is 0 Å². The molecule has 2 amide bonds. The largest absolute Gasteiger partial charge is 0.322 e. The normalized spacial score (nSPS) is 14.9. The number of para-hydroxylation sites is 1. The molecule has 0 unspecified atom stereocenters. The number of rotatable bonds is 7. The van der Waals surface area contributed by atoms with Crippen molar-refractivity contribution >= 4 is 41.2 Å². The van der Waals surface area contributed by atoms with Crippen LogP contribution in [-0.4, -0.2) is 49.8 Å². The Bertz CT molecular complexity index is 1610. The maximum atomic E-state index is 15.4. The predicted molar refractivity (Wildman–Crippen MR) is 172 cm³/mol. The van der Waals surface area contributed by atoms with E-state index >= 15 is 8.78 Å². The smallest absolute Gasteiger partial charge is 0.275 e. The van der Waals surface area contributed by atoms with Crippen molar-refractivity contribution in [1.82, 2.24) is 4.90 Å². The summed E-state index contributed by atoms with van der Waals surface area (Å²) in [5, 5.41) is 2.91. The molecule has 1 aliphatic heterocycles. The molecule has 0 aromatic heterocycles. The van der Waals surface area contributed by atoms with Crippen molar-refractivity contribution in [3.05, 3.63) is 126 Å². The van der Waals surface area contributed by atoms with Crippen LogP contribution >= 0.6 is 12.4 Å². The molecular weight excluding hydrogens is 568 g/mol. The molecular formula is C35H34ClF2N3O2. The standard InChI is InChI=1S/C35H33F2N3O2.ClH/c1-39(2)23-10-16-31-30-15-8-9-17-32(30)40(24-22-35(31,36)37)34(42)26-18-20-27(21-19-26)38-33(41)29-14-7-6-13-28(29)25-11-4-3-5-12-25;/h3-9,11-21H,10,22-24H2,1-2H3,(H,38,41);1H/b31-16+;. The fraction of sp³-hybridized carbons (Fsp3) is 0.200. The van der Waals surface area contributed by atoms with E-state index in [0.717, 1.165) is 11.1 Å². The molecule has 43 heavy (non-hydrogen) atoms. The van der Waals surface area contributed by atoms with E-state index in [1.807, 2.05) is 67.5 Å². The van der Waals surface area contributed by atoms with Gasteiger partial charge < -0.3 is 15.1 Å². The van der Waals surface area contributed by atoms with E-state index in [1.165, 1.54) is 4.90 Å². The van der Waals surface area contributed by atoms with Gasteiger partial charge in [0.2, 0.25) is 0 Å². The molecule has 8 heteroatoms. The summed E-state index contributed by atoms with van der Waals surface area (Å²) in [6.07, 6.45) is 1.60. The lowest BCUT2D eigenvalue weighted by Gasteiger charge is -2.23. The zero-order chi connectivity index (χ0) is 29.7. The fourth-order valence-electron chi connectivity index (χ4n) is 5.18. The Morgan fingerprint density at radius 2 is 1.49 bits per heavy atom. The molecule has 0 spiro atoms. The number of benzene rings is 4. The van der Waals surface area contributed by atoms with Crippen molar-refractivity contribution in [2.75, 3.05) is 37.4 Å². The number of carbonyl (C=O) groups is 2. The van der Waals surface area contributed by atoms with Crippen LogP contribution in [0.2, 0.25) is 0 Å². The van der Waals surface area contributed by atoms with E-state index in [1.54, 1.807) is 60.7 Å². The van der Waals surface area contributed by atoms with Crippen molar-refractivity contribution in [1.29, 1.82) is 0 Å². The molecule has 4 aromatic rings. The van der Waals surface area contributed by atoms with Crippen molar-refractivity contribution in [2.45, 2.75) is 18.8 Å². The van der Waals surface area contributed by atoms with Crippen LogP contribution in [-0.2, 0) is 0 Å². The summed E-state index contributed by atoms with van der Waals surface area (Å²) in [6.45, 7) is 0.522. The van der Waals surface area contributed by atoms with Crippen LogP contribution in [0.3, 0.4) is 0 Å². The van der Waals surface area contributed by atoms with E-state index in [0.29, 0.717) is 41.0 Å². The highest BCUT2D eigenvalue weighted by Gasteiger charge is 2.40. The molecule has 4 aromatic carbocycles. The SMILES string of the molecule is CN(C)CC/C=C1\c2ccccc2N(C(=O)c2ccc(NC(=O)c3ccccc3-c3ccccc3)cc2)CCC1(F)F.Cl. The molecule has 5 rings (SSSR count). The number of nitrogens with zero attached hydrogens (tertiary/aromatic N) is 2. The quantitative estimate of drug-likeness (QED) is 0.233. The molecule has 0 saturated heterocycles. The minimum atomic E-state index is -3.07. The average Bonchev–Trinajstić information content (AvgIpc) is 3.11. The Balaban J connectivity index is 0.00000423. The van der Waals surface area contributed by atoms with Gasteiger partial charge in [0, 0.05) is 47.5 Å². The molecule has 0 atom stereocenters. The van der Waals surface area contributed by atoms with E-state index in [-0.39, 0.29) is 36.3 Å². The maximum absolute atomic E-state index is 15.4. The first-order valence-electron chi connectivity index (χ1n) is 13.9. The highest BCUT2D eigenvalue weighted by atomic mass is 35.5. The molecule has 0 fully saturated rings. The molecule has 0 saturated carbocycles. The lowest BCUT2D eigenvalue weighted by atomic mass is 9.96. The van der Waals surface area contributed by atoms with Gasteiger partial charge in [-0.2, -0.15) is 0 Å². The third-order valence-corrected chi connectivity index (χ3v) is 7.34. The Morgan fingerprint density at radius 1 is 0.860 bits per heavy atom.